The lowest BCUT2D eigenvalue weighted by molar-refractivity contribution is 0.0214. The number of nitrogens with one attached hydrogen (secondary N) is 1. The zero-order valence-corrected chi connectivity index (χ0v) is 35.1. The number of aromatic amines is 1. The highest BCUT2D eigenvalue weighted by Gasteiger charge is 2.35. The van der Waals surface area contributed by atoms with Crippen LogP contribution in [0.2, 0.25) is 25.7 Å². The van der Waals surface area contributed by atoms with Crippen molar-refractivity contribution < 1.29 is 19.0 Å². The number of ether oxygens (including phenoxy) is 3. The summed E-state index contributed by atoms with van der Waals surface area (Å²) in [6, 6.07) is 27.6. The van der Waals surface area contributed by atoms with E-state index in [4.69, 9.17) is 24.2 Å². The molecule has 2 aromatic carbocycles. The SMILES string of the molecule is COc1cccc(-c2cnc(C(COCC[Si](C)(C)C)N(Cc3ccc(CN(Cc4ccccn4)C(=O)OC(C)(C)C)cc3)C3CCCc4cccnc43)[nH]2)c1. The standard InChI is InChI=1S/C45H58N6O4Si/c1-45(2,3)55-44(52)50(31-37-16-8-9-23-46-37)29-33-19-21-34(22-20-33)30-51(40-18-11-13-35-15-12-24-47-42(35)40)41(32-54-25-26-56(5,6)7)43-48-28-39(49-43)36-14-10-17-38(27-36)53-4/h8-10,12,14-17,19-24,27-28,40-41H,11,13,18,25-26,29-32H2,1-7H3,(H,48,49). The summed E-state index contributed by atoms with van der Waals surface area (Å²) in [6.07, 6.45) is 8.29. The maximum Gasteiger partial charge on any atom is 0.410 e. The van der Waals surface area contributed by atoms with Gasteiger partial charge >= 0.3 is 6.09 Å². The summed E-state index contributed by atoms with van der Waals surface area (Å²) in [4.78, 5) is 35.8. The Kier molecular flexibility index (Phi) is 13.4. The van der Waals surface area contributed by atoms with Crippen molar-refractivity contribution in [1.29, 1.82) is 0 Å². The number of imidazole rings is 1. The van der Waals surface area contributed by atoms with Crippen LogP contribution in [-0.2, 0) is 35.5 Å². The molecule has 1 aliphatic carbocycles. The van der Waals surface area contributed by atoms with E-state index in [-0.39, 0.29) is 18.2 Å². The van der Waals surface area contributed by atoms with E-state index in [0.717, 1.165) is 70.7 Å². The van der Waals surface area contributed by atoms with Gasteiger partial charge in [0.2, 0.25) is 0 Å². The second-order valence-electron chi connectivity index (χ2n) is 16.9. The number of aryl methyl sites for hydroxylation is 1. The molecule has 0 saturated heterocycles. The third-order valence-electron chi connectivity index (χ3n) is 10.0. The second-order valence-corrected chi connectivity index (χ2v) is 22.5. The van der Waals surface area contributed by atoms with Gasteiger partial charge < -0.3 is 19.2 Å². The fourth-order valence-electron chi connectivity index (χ4n) is 7.07. The van der Waals surface area contributed by atoms with Crippen LogP contribution in [0.5, 0.6) is 5.75 Å². The van der Waals surface area contributed by atoms with Gasteiger partial charge in [0.25, 0.3) is 0 Å². The molecule has 0 saturated carbocycles. The molecule has 296 valence electrons. The summed E-state index contributed by atoms with van der Waals surface area (Å²) in [7, 11) is 0.382. The van der Waals surface area contributed by atoms with Crippen molar-refractivity contribution in [2.75, 3.05) is 20.3 Å². The fourth-order valence-corrected chi connectivity index (χ4v) is 7.83. The summed E-state index contributed by atoms with van der Waals surface area (Å²) >= 11 is 0. The number of hydrogen-bond acceptors (Lipinski definition) is 8. The lowest BCUT2D eigenvalue weighted by Gasteiger charge is -2.39. The maximum atomic E-state index is 13.4. The number of benzene rings is 2. The first-order valence-electron chi connectivity index (χ1n) is 19.8. The van der Waals surface area contributed by atoms with Crippen LogP contribution >= 0.6 is 0 Å². The van der Waals surface area contributed by atoms with Crippen molar-refractivity contribution in [1.82, 2.24) is 29.7 Å². The number of nitrogens with zero attached hydrogens (tertiary/aromatic N) is 5. The minimum atomic E-state index is -1.30. The first-order valence-corrected chi connectivity index (χ1v) is 23.5. The van der Waals surface area contributed by atoms with Crippen molar-refractivity contribution in [2.45, 2.75) is 103 Å². The largest absolute Gasteiger partial charge is 0.497 e. The quantitative estimate of drug-likeness (QED) is 0.0781. The molecule has 1 aliphatic rings. The summed E-state index contributed by atoms with van der Waals surface area (Å²) in [5.74, 6) is 1.66. The highest BCUT2D eigenvalue weighted by atomic mass is 28.3. The van der Waals surface area contributed by atoms with E-state index >= 15 is 0 Å². The molecule has 1 amide bonds. The molecule has 0 aliphatic heterocycles. The molecule has 3 aromatic heterocycles. The normalized spacial score (nSPS) is 15.0. The number of carbonyl (C=O) groups excluding carboxylic acids is 1. The van der Waals surface area contributed by atoms with E-state index in [1.54, 1.807) is 18.2 Å². The monoisotopic (exact) mass is 774 g/mol. The van der Waals surface area contributed by atoms with Gasteiger partial charge in [0.1, 0.15) is 17.2 Å². The lowest BCUT2D eigenvalue weighted by atomic mass is 9.89. The molecule has 6 rings (SSSR count). The zero-order chi connectivity index (χ0) is 39.7. The number of hydrogen-bond donors (Lipinski definition) is 1. The number of amides is 1. The van der Waals surface area contributed by atoms with Gasteiger partial charge in [-0.25, -0.2) is 9.78 Å². The molecule has 56 heavy (non-hydrogen) atoms. The number of carbonyl (C=O) groups is 1. The third kappa shape index (κ3) is 11.4. The molecule has 2 atom stereocenters. The van der Waals surface area contributed by atoms with Crippen LogP contribution in [0, 0.1) is 0 Å². The van der Waals surface area contributed by atoms with Crippen LogP contribution in [-0.4, -0.2) is 69.8 Å². The average Bonchev–Trinajstić information content (AvgIpc) is 3.67. The van der Waals surface area contributed by atoms with E-state index in [1.165, 1.54) is 5.56 Å². The summed E-state index contributed by atoms with van der Waals surface area (Å²) in [5.41, 5.74) is 6.71. The van der Waals surface area contributed by atoms with Crippen molar-refractivity contribution in [3.63, 3.8) is 0 Å². The Bertz CT molecular complexity index is 2010. The van der Waals surface area contributed by atoms with Crippen LogP contribution in [0.4, 0.5) is 4.79 Å². The molecule has 11 heteroatoms. The fraction of sp³-hybridized carbons (Fsp3) is 0.422. The predicted molar refractivity (Wildman–Crippen MR) is 224 cm³/mol. The Morgan fingerprint density at radius 2 is 1.68 bits per heavy atom. The van der Waals surface area contributed by atoms with Gasteiger partial charge in [-0.05, 0) is 93.1 Å². The molecular weight excluding hydrogens is 717 g/mol. The highest BCUT2D eigenvalue weighted by Crippen LogP contribution is 2.39. The van der Waals surface area contributed by atoms with Gasteiger partial charge in [0, 0.05) is 45.7 Å². The number of aromatic nitrogens is 4. The Hall–Kier alpha value is -4.84. The molecule has 3 heterocycles. The van der Waals surface area contributed by atoms with Gasteiger partial charge in [-0.15, -0.1) is 0 Å². The minimum absolute atomic E-state index is 0.0663. The van der Waals surface area contributed by atoms with Gasteiger partial charge in [-0.1, -0.05) is 68.2 Å². The second kappa shape index (κ2) is 18.4. The lowest BCUT2D eigenvalue weighted by Crippen LogP contribution is -2.38. The van der Waals surface area contributed by atoms with Crippen molar-refractivity contribution in [3.8, 4) is 17.0 Å². The summed E-state index contributed by atoms with van der Waals surface area (Å²) in [5, 5.41) is 0. The predicted octanol–water partition coefficient (Wildman–Crippen LogP) is 9.79. The first-order chi connectivity index (χ1) is 26.8. The van der Waals surface area contributed by atoms with Crippen LogP contribution in [0.15, 0.2) is 97.5 Å². The number of H-pyrrole nitrogens is 1. The molecule has 0 radical (unpaired) electrons. The van der Waals surface area contributed by atoms with E-state index in [9.17, 15) is 4.79 Å². The van der Waals surface area contributed by atoms with Crippen LogP contribution < -0.4 is 4.74 Å². The van der Waals surface area contributed by atoms with Gasteiger partial charge in [-0.3, -0.25) is 19.8 Å². The Balaban J connectivity index is 1.32. The molecule has 2 unspecified atom stereocenters. The average molecular weight is 775 g/mol. The number of methoxy groups -OCH3 is 1. The van der Waals surface area contributed by atoms with E-state index in [2.05, 4.69) is 70.9 Å². The van der Waals surface area contributed by atoms with Crippen molar-refractivity contribution in [2.24, 2.45) is 0 Å². The molecule has 10 nitrogen and oxygen atoms in total. The molecular formula is C45H58N6O4Si. The van der Waals surface area contributed by atoms with Crippen molar-refractivity contribution >= 4 is 14.2 Å². The number of pyridine rings is 2. The van der Waals surface area contributed by atoms with Crippen LogP contribution in [0.1, 0.15) is 79.6 Å². The summed E-state index contributed by atoms with van der Waals surface area (Å²) in [6.45, 7) is 15.4. The maximum absolute atomic E-state index is 13.4. The first kappa shape index (κ1) is 40.8. The smallest absolute Gasteiger partial charge is 0.410 e. The van der Waals surface area contributed by atoms with Crippen LogP contribution in [0.25, 0.3) is 11.3 Å². The summed E-state index contributed by atoms with van der Waals surface area (Å²) < 4.78 is 17.9. The molecule has 0 bridgehead atoms. The van der Waals surface area contributed by atoms with Crippen molar-refractivity contribution in [3.05, 3.63) is 131 Å². The van der Waals surface area contributed by atoms with E-state index in [1.807, 2.05) is 75.6 Å². The van der Waals surface area contributed by atoms with Gasteiger partial charge in [-0.2, -0.15) is 0 Å². The Labute approximate surface area is 333 Å². The Morgan fingerprint density at radius 3 is 2.39 bits per heavy atom. The van der Waals surface area contributed by atoms with Gasteiger partial charge in [0.05, 0.1) is 55.6 Å². The number of fused-ring (bicyclic) bond motifs is 1. The zero-order valence-electron chi connectivity index (χ0n) is 34.1. The molecule has 1 N–H and O–H groups in total. The van der Waals surface area contributed by atoms with Crippen LogP contribution in [0.3, 0.4) is 0 Å². The Morgan fingerprint density at radius 1 is 0.911 bits per heavy atom. The highest BCUT2D eigenvalue weighted by molar-refractivity contribution is 6.76. The van der Waals surface area contributed by atoms with Gasteiger partial charge in [0.15, 0.2) is 0 Å². The molecule has 0 fully saturated rings. The topological polar surface area (TPSA) is 106 Å². The van der Waals surface area contributed by atoms with E-state index in [0.29, 0.717) is 32.8 Å². The van der Waals surface area contributed by atoms with E-state index < -0.39 is 13.7 Å². The minimum Gasteiger partial charge on any atom is -0.497 e. The number of rotatable bonds is 16. The molecule has 5 aromatic rings. The third-order valence-corrected chi connectivity index (χ3v) is 11.7. The molecule has 0 spiro atoms.